The predicted molar refractivity (Wildman–Crippen MR) is 59.2 cm³/mol. The molecule has 0 saturated carbocycles. The maximum absolute atomic E-state index is 10.8. The van der Waals surface area contributed by atoms with Crippen LogP contribution in [0.3, 0.4) is 0 Å². The highest BCUT2D eigenvalue weighted by Gasteiger charge is 2.10. The molecule has 0 bridgehead atoms. The molecule has 0 amide bonds. The molecule has 0 rings (SSSR count). The van der Waals surface area contributed by atoms with Gasteiger partial charge in [-0.05, 0) is 19.3 Å². The topological polar surface area (TPSA) is 37.3 Å². The van der Waals surface area contributed by atoms with Crippen molar-refractivity contribution >= 4 is 5.97 Å². The van der Waals surface area contributed by atoms with E-state index in [9.17, 15) is 4.79 Å². The van der Waals surface area contributed by atoms with Crippen molar-refractivity contribution in [3.63, 3.8) is 0 Å². The highest BCUT2D eigenvalue weighted by Crippen LogP contribution is 2.07. The highest BCUT2D eigenvalue weighted by molar-refractivity contribution is 5.72. The molecule has 0 aliphatic rings. The molecule has 14 heavy (non-hydrogen) atoms. The van der Waals surface area contributed by atoms with E-state index in [1.807, 2.05) is 19.1 Å². The summed E-state index contributed by atoms with van der Waals surface area (Å²) in [6, 6.07) is 0. The Balaban J connectivity index is 3.97. The normalized spacial score (nSPS) is 13.9. The minimum atomic E-state index is -0.740. The summed E-state index contributed by atoms with van der Waals surface area (Å²) in [4.78, 5) is 10.8. The number of hydrogen-bond donors (Lipinski definition) is 1. The van der Waals surface area contributed by atoms with Gasteiger partial charge in [0.25, 0.3) is 0 Å². The quantitative estimate of drug-likeness (QED) is 0.634. The number of rotatable bonds is 7. The Kier molecular flexibility index (Phi) is 7.90. The molecule has 0 fully saturated rings. The lowest BCUT2D eigenvalue weighted by Crippen LogP contribution is -2.09. The first kappa shape index (κ1) is 12.9. The van der Waals surface area contributed by atoms with Crippen molar-refractivity contribution in [3.05, 3.63) is 24.3 Å². The fraction of sp³-hybridized carbons (Fsp3) is 0.583. The van der Waals surface area contributed by atoms with Crippen LogP contribution >= 0.6 is 0 Å². The zero-order valence-electron chi connectivity index (χ0n) is 9.07. The summed E-state index contributed by atoms with van der Waals surface area (Å²) in [5.74, 6) is -1.10. The van der Waals surface area contributed by atoms with Crippen molar-refractivity contribution in [2.45, 2.75) is 39.5 Å². The van der Waals surface area contributed by atoms with Crippen LogP contribution in [0.5, 0.6) is 0 Å². The van der Waals surface area contributed by atoms with Crippen molar-refractivity contribution in [2.75, 3.05) is 0 Å². The lowest BCUT2D eigenvalue weighted by molar-refractivity contribution is -0.139. The van der Waals surface area contributed by atoms with Crippen molar-refractivity contribution in [1.82, 2.24) is 0 Å². The summed E-state index contributed by atoms with van der Waals surface area (Å²) < 4.78 is 0. The minimum Gasteiger partial charge on any atom is -0.481 e. The van der Waals surface area contributed by atoms with Crippen LogP contribution in [-0.2, 0) is 4.79 Å². The van der Waals surface area contributed by atoms with Gasteiger partial charge in [-0.1, -0.05) is 44.6 Å². The van der Waals surface area contributed by atoms with Crippen LogP contribution in [0.15, 0.2) is 24.3 Å². The maximum atomic E-state index is 10.8. The lowest BCUT2D eigenvalue weighted by Gasteiger charge is -2.02. The molecule has 2 heteroatoms. The van der Waals surface area contributed by atoms with Gasteiger partial charge in [-0.2, -0.15) is 0 Å². The molecular formula is C12H20O2. The van der Waals surface area contributed by atoms with Gasteiger partial charge in [0.2, 0.25) is 0 Å². The first-order valence-corrected chi connectivity index (χ1v) is 5.26. The standard InChI is InChI=1S/C12H20O2/c1-3-5-7-8-10-11(12(13)14)9-6-4-2/h6-9,11H,3-5,10H2,1-2H3,(H,13,14). The van der Waals surface area contributed by atoms with Crippen LogP contribution < -0.4 is 0 Å². The lowest BCUT2D eigenvalue weighted by atomic mass is 10.0. The van der Waals surface area contributed by atoms with Gasteiger partial charge < -0.3 is 5.11 Å². The van der Waals surface area contributed by atoms with Crippen molar-refractivity contribution in [2.24, 2.45) is 5.92 Å². The minimum absolute atomic E-state index is 0.358. The SMILES string of the molecule is CCC=CC(CC=CCCC)C(=O)O. The molecular weight excluding hydrogens is 176 g/mol. The van der Waals surface area contributed by atoms with E-state index >= 15 is 0 Å². The van der Waals surface area contributed by atoms with E-state index in [0.29, 0.717) is 6.42 Å². The Morgan fingerprint density at radius 3 is 2.50 bits per heavy atom. The summed E-state index contributed by atoms with van der Waals surface area (Å²) in [5, 5.41) is 8.87. The van der Waals surface area contributed by atoms with Crippen LogP contribution in [0.4, 0.5) is 0 Å². The summed E-state index contributed by atoms with van der Waals surface area (Å²) in [6.07, 6.45) is 11.3. The van der Waals surface area contributed by atoms with Crippen molar-refractivity contribution < 1.29 is 9.90 Å². The Labute approximate surface area is 86.3 Å². The van der Waals surface area contributed by atoms with Gasteiger partial charge in [-0.15, -0.1) is 0 Å². The van der Waals surface area contributed by atoms with E-state index < -0.39 is 5.97 Å². The Morgan fingerprint density at radius 1 is 1.29 bits per heavy atom. The molecule has 0 aliphatic carbocycles. The van der Waals surface area contributed by atoms with Crippen molar-refractivity contribution in [3.8, 4) is 0 Å². The highest BCUT2D eigenvalue weighted by atomic mass is 16.4. The molecule has 2 nitrogen and oxygen atoms in total. The van der Waals surface area contributed by atoms with E-state index in [1.54, 1.807) is 6.08 Å². The first-order chi connectivity index (χ1) is 6.72. The fourth-order valence-electron chi connectivity index (χ4n) is 1.09. The van der Waals surface area contributed by atoms with Gasteiger partial charge in [0.15, 0.2) is 0 Å². The van der Waals surface area contributed by atoms with Gasteiger partial charge in [0, 0.05) is 0 Å². The average molecular weight is 196 g/mol. The van der Waals surface area contributed by atoms with E-state index in [4.69, 9.17) is 5.11 Å². The molecule has 0 radical (unpaired) electrons. The maximum Gasteiger partial charge on any atom is 0.310 e. The van der Waals surface area contributed by atoms with Gasteiger partial charge >= 0.3 is 5.97 Å². The zero-order valence-corrected chi connectivity index (χ0v) is 9.07. The zero-order chi connectivity index (χ0) is 10.8. The second-order valence-electron chi connectivity index (χ2n) is 3.28. The molecule has 0 spiro atoms. The largest absolute Gasteiger partial charge is 0.481 e. The average Bonchev–Trinajstić information content (AvgIpc) is 2.16. The number of hydrogen-bond acceptors (Lipinski definition) is 1. The van der Waals surface area contributed by atoms with Gasteiger partial charge in [-0.3, -0.25) is 4.79 Å². The molecule has 0 heterocycles. The smallest absolute Gasteiger partial charge is 0.310 e. The molecule has 0 aromatic heterocycles. The van der Waals surface area contributed by atoms with Crippen LogP contribution in [0, 0.1) is 5.92 Å². The second-order valence-corrected chi connectivity index (χ2v) is 3.28. The van der Waals surface area contributed by atoms with E-state index in [-0.39, 0.29) is 5.92 Å². The summed E-state index contributed by atoms with van der Waals surface area (Å²) in [7, 11) is 0. The summed E-state index contributed by atoms with van der Waals surface area (Å²) in [6.45, 7) is 4.11. The number of aliphatic carboxylic acids is 1. The summed E-state index contributed by atoms with van der Waals surface area (Å²) >= 11 is 0. The molecule has 1 N–H and O–H groups in total. The molecule has 80 valence electrons. The van der Waals surface area contributed by atoms with Crippen LogP contribution in [0.2, 0.25) is 0 Å². The third-order valence-electron chi connectivity index (χ3n) is 1.93. The molecule has 1 atom stereocenters. The number of carbonyl (C=O) groups is 1. The summed E-state index contributed by atoms with van der Waals surface area (Å²) in [5.41, 5.74) is 0. The Hall–Kier alpha value is -1.05. The van der Waals surface area contributed by atoms with Crippen LogP contribution in [-0.4, -0.2) is 11.1 Å². The van der Waals surface area contributed by atoms with E-state index in [1.165, 1.54) is 0 Å². The van der Waals surface area contributed by atoms with Gasteiger partial charge in [0.1, 0.15) is 0 Å². The van der Waals surface area contributed by atoms with Crippen molar-refractivity contribution in [1.29, 1.82) is 0 Å². The molecule has 0 aromatic carbocycles. The van der Waals surface area contributed by atoms with E-state index in [2.05, 4.69) is 13.0 Å². The Morgan fingerprint density at radius 2 is 2.00 bits per heavy atom. The predicted octanol–water partition coefficient (Wildman–Crippen LogP) is 3.40. The number of allylic oxidation sites excluding steroid dienone is 3. The van der Waals surface area contributed by atoms with Crippen LogP contribution in [0.25, 0.3) is 0 Å². The third kappa shape index (κ3) is 6.46. The number of carboxylic acid groups (broad SMARTS) is 1. The Bertz CT molecular complexity index is 204. The molecule has 0 aromatic rings. The van der Waals surface area contributed by atoms with Gasteiger partial charge in [-0.25, -0.2) is 0 Å². The molecule has 1 unspecified atom stereocenters. The fourth-order valence-corrected chi connectivity index (χ4v) is 1.09. The first-order valence-electron chi connectivity index (χ1n) is 5.26. The number of unbranched alkanes of at least 4 members (excludes halogenated alkanes) is 1. The number of carboxylic acids is 1. The second kappa shape index (κ2) is 8.54. The van der Waals surface area contributed by atoms with Crippen LogP contribution in [0.1, 0.15) is 39.5 Å². The third-order valence-corrected chi connectivity index (χ3v) is 1.93. The molecule has 0 saturated heterocycles. The monoisotopic (exact) mass is 196 g/mol. The van der Waals surface area contributed by atoms with Gasteiger partial charge in [0.05, 0.1) is 5.92 Å². The molecule has 0 aliphatic heterocycles. The van der Waals surface area contributed by atoms with E-state index in [0.717, 1.165) is 19.3 Å².